The minimum absolute atomic E-state index is 0.0432. The Kier molecular flexibility index (Phi) is 24.5. The first-order valence-electron chi connectivity index (χ1n) is 27.1. The molecule has 2 saturated heterocycles. The lowest BCUT2D eigenvalue weighted by atomic mass is 10.0. The summed E-state index contributed by atoms with van der Waals surface area (Å²) in [6.07, 6.45) is 2.68. The summed E-state index contributed by atoms with van der Waals surface area (Å²) in [6, 6.07) is 27.3. The molecular formula is C56H77N15O8S. The van der Waals surface area contributed by atoms with Gasteiger partial charge in [0, 0.05) is 167 Å². The van der Waals surface area contributed by atoms with E-state index in [0.717, 1.165) is 18.6 Å². The second-order valence-corrected chi connectivity index (χ2v) is 21.1. The molecule has 24 heteroatoms. The van der Waals surface area contributed by atoms with Crippen molar-refractivity contribution in [2.75, 3.05) is 115 Å². The summed E-state index contributed by atoms with van der Waals surface area (Å²) in [6.45, 7) is 2.27. The molecule has 2 aliphatic heterocycles. The van der Waals surface area contributed by atoms with E-state index >= 15 is 0 Å². The second-order valence-electron chi connectivity index (χ2n) is 19.8. The number of fused-ring (bicyclic) bond motifs is 1. The molecule has 0 saturated carbocycles. The van der Waals surface area contributed by atoms with Gasteiger partial charge in [0.25, 0.3) is 0 Å². The number of hydrogen-bond acceptors (Lipinski definition) is 15. The van der Waals surface area contributed by atoms with Crippen molar-refractivity contribution in [3.05, 3.63) is 97.1 Å². The van der Waals surface area contributed by atoms with E-state index in [1.807, 2.05) is 9.80 Å². The maximum absolute atomic E-state index is 13.9. The third-order valence-corrected chi connectivity index (χ3v) is 14.9. The fourth-order valence-electron chi connectivity index (χ4n) is 9.21. The Morgan fingerprint density at radius 2 is 0.850 bits per heavy atom. The Morgan fingerprint density at radius 1 is 0.475 bits per heavy atom. The highest BCUT2D eigenvalue weighted by Gasteiger charge is 2.42. The highest BCUT2D eigenvalue weighted by Crippen LogP contribution is 2.33. The number of urea groups is 1. The normalized spacial score (nSPS) is 15.3. The first-order chi connectivity index (χ1) is 38.5. The van der Waals surface area contributed by atoms with Crippen molar-refractivity contribution in [3.8, 4) is 0 Å². The van der Waals surface area contributed by atoms with E-state index in [1.54, 1.807) is 109 Å². The van der Waals surface area contributed by atoms with Crippen LogP contribution in [-0.4, -0.2) is 151 Å². The smallest absolute Gasteiger partial charge is 0.315 e. The first-order valence-corrected chi connectivity index (χ1v) is 28.1. The Morgan fingerprint density at radius 3 is 1.23 bits per heavy atom. The second kappa shape index (κ2) is 32.1. The Labute approximate surface area is 471 Å². The van der Waals surface area contributed by atoms with E-state index < -0.39 is 0 Å². The molecule has 430 valence electrons. The Bertz CT molecular complexity index is 2470. The fourth-order valence-corrected chi connectivity index (χ4v) is 10.8. The van der Waals surface area contributed by atoms with Crippen LogP contribution in [0.1, 0.15) is 64.2 Å². The number of rotatable bonds is 33. The molecule has 2 fully saturated rings. The van der Waals surface area contributed by atoms with Crippen LogP contribution in [-0.2, 0) is 33.6 Å². The van der Waals surface area contributed by atoms with Gasteiger partial charge in [0.2, 0.25) is 41.4 Å². The van der Waals surface area contributed by atoms with Crippen molar-refractivity contribution >= 4 is 105 Å². The summed E-state index contributed by atoms with van der Waals surface area (Å²) < 4.78 is 0. The van der Waals surface area contributed by atoms with E-state index in [-0.39, 0.29) is 162 Å². The summed E-state index contributed by atoms with van der Waals surface area (Å²) >= 11 is 1.80. The van der Waals surface area contributed by atoms with Crippen LogP contribution in [0.4, 0.5) is 50.3 Å². The lowest BCUT2D eigenvalue weighted by molar-refractivity contribution is -0.133. The molecule has 0 aromatic heterocycles. The number of anilines is 8. The lowest BCUT2D eigenvalue weighted by Gasteiger charge is -2.24. The van der Waals surface area contributed by atoms with Gasteiger partial charge < -0.3 is 80.2 Å². The molecule has 80 heavy (non-hydrogen) atoms. The number of thioether (sulfide) groups is 1. The summed E-state index contributed by atoms with van der Waals surface area (Å²) in [4.78, 5) is 110. The van der Waals surface area contributed by atoms with Crippen molar-refractivity contribution in [1.29, 1.82) is 0 Å². The zero-order chi connectivity index (χ0) is 57.2. The molecule has 4 aromatic carbocycles. The quantitative estimate of drug-likeness (QED) is 0.0184. The average molecular weight is 1120 g/mol. The first kappa shape index (κ1) is 61.1. The van der Waals surface area contributed by atoms with Gasteiger partial charge in [-0.15, -0.1) is 0 Å². The number of benzene rings is 4. The largest absolute Gasteiger partial charge is 0.399 e. The van der Waals surface area contributed by atoms with Crippen LogP contribution in [0.2, 0.25) is 0 Å². The summed E-state index contributed by atoms with van der Waals surface area (Å²) in [5, 5.41) is 23.4. The minimum atomic E-state index is -0.325. The van der Waals surface area contributed by atoms with Crippen LogP contribution in [0.15, 0.2) is 97.1 Å². The van der Waals surface area contributed by atoms with Crippen LogP contribution in [0, 0.1) is 0 Å². The monoisotopic (exact) mass is 1120 g/mol. The molecule has 3 unspecified atom stereocenters. The van der Waals surface area contributed by atoms with Crippen LogP contribution in [0.5, 0.6) is 0 Å². The summed E-state index contributed by atoms with van der Waals surface area (Å²) in [5.74, 6) is -1.02. The highest BCUT2D eigenvalue weighted by molar-refractivity contribution is 8.00. The van der Waals surface area contributed by atoms with Gasteiger partial charge in [0.15, 0.2) is 0 Å². The zero-order valence-corrected chi connectivity index (χ0v) is 46.0. The van der Waals surface area contributed by atoms with Gasteiger partial charge >= 0.3 is 6.03 Å². The molecule has 3 atom stereocenters. The van der Waals surface area contributed by atoms with E-state index in [1.165, 1.54) is 4.90 Å². The molecule has 9 amide bonds. The van der Waals surface area contributed by atoms with Crippen molar-refractivity contribution in [2.45, 2.75) is 81.5 Å². The van der Waals surface area contributed by atoms with Crippen molar-refractivity contribution in [3.63, 3.8) is 0 Å². The Hall–Kier alpha value is -8.09. The third-order valence-electron chi connectivity index (χ3n) is 13.4. The molecule has 2 heterocycles. The molecule has 6 rings (SSSR count). The van der Waals surface area contributed by atoms with Crippen molar-refractivity contribution in [1.82, 2.24) is 36.0 Å². The molecule has 16 N–H and O–H groups in total. The number of amides is 9. The van der Waals surface area contributed by atoms with Gasteiger partial charge in [-0.05, 0) is 85.6 Å². The van der Waals surface area contributed by atoms with Crippen LogP contribution >= 0.6 is 11.8 Å². The van der Waals surface area contributed by atoms with E-state index in [2.05, 4.69) is 42.5 Å². The minimum Gasteiger partial charge on any atom is -0.399 e. The molecular weight excluding hydrogens is 1040 g/mol. The highest BCUT2D eigenvalue weighted by atomic mass is 32.2. The molecule has 2 aliphatic rings. The number of nitrogen functional groups attached to an aromatic ring is 4. The van der Waals surface area contributed by atoms with E-state index in [4.69, 9.17) is 22.9 Å². The van der Waals surface area contributed by atoms with E-state index in [0.29, 0.717) is 65.0 Å². The number of carbonyl (C=O) groups is 8. The van der Waals surface area contributed by atoms with Crippen molar-refractivity contribution in [2.24, 2.45) is 0 Å². The molecule has 0 radical (unpaired) electrons. The van der Waals surface area contributed by atoms with Crippen LogP contribution in [0.3, 0.4) is 0 Å². The third kappa shape index (κ3) is 22.3. The number of carbonyl (C=O) groups excluding carboxylic acids is 8. The number of nitrogens with zero attached hydrogens (tertiary/aromatic N) is 3. The molecule has 0 aliphatic carbocycles. The van der Waals surface area contributed by atoms with Crippen LogP contribution in [0.25, 0.3) is 0 Å². The lowest BCUT2D eigenvalue weighted by Crippen LogP contribution is -2.41. The fraction of sp³-hybridized carbons (Fsp3) is 0.429. The SMILES string of the molecule is Nc1cccc(NC(=O)CCN(CCNC(=O)CCN(CCC(=O)NCCN(CCC(=O)Nc2cccc(N)c2)CCC(=O)Nc2cccc(N)c2)C(=O)CCCCC2SCC3NC(=O)NC32)CCC(=O)Nc2cccc(N)c2)c1. The standard InChI is InChI=1S/C56H77N15O8S/c57-38-7-3-11-42(33-38)63-50(74)17-25-69(26-18-51(75)64-43-12-4-8-39(58)34-43)31-23-61-48(72)21-29-71(54(78)16-2-1-15-47-55-46(37-80-47)67-56(79)68-55)30-22-49(73)62-24-32-70(27-19-52(76)65-44-13-5-9-40(59)35-44)28-20-53(77)66-45-14-6-10-41(60)36-45/h3-14,33-36,46-47,55H,1-2,15-32,37,57-60H2,(H,61,72)(H,62,73)(H,63,74)(H,64,75)(H,65,76)(H,66,77)(H2,67,68,79). The van der Waals surface area contributed by atoms with Gasteiger partial charge in [-0.3, -0.25) is 33.6 Å². The summed E-state index contributed by atoms with van der Waals surface area (Å²) in [5.41, 5.74) is 27.8. The number of nitrogens with two attached hydrogens (primary N) is 4. The maximum Gasteiger partial charge on any atom is 0.315 e. The van der Waals surface area contributed by atoms with Gasteiger partial charge in [0.05, 0.1) is 12.1 Å². The van der Waals surface area contributed by atoms with Gasteiger partial charge in [0.1, 0.15) is 0 Å². The molecule has 4 aromatic rings. The number of nitrogens with one attached hydrogen (secondary N) is 8. The molecule has 0 spiro atoms. The van der Waals surface area contributed by atoms with Crippen LogP contribution < -0.4 is 65.5 Å². The molecule has 23 nitrogen and oxygen atoms in total. The zero-order valence-electron chi connectivity index (χ0n) is 45.1. The number of hydrogen-bond donors (Lipinski definition) is 12. The Balaban J connectivity index is 1.00. The predicted molar refractivity (Wildman–Crippen MR) is 315 cm³/mol. The predicted octanol–water partition coefficient (Wildman–Crippen LogP) is 3.60. The topological polar surface area (TPSA) is 347 Å². The van der Waals surface area contributed by atoms with Gasteiger partial charge in [-0.1, -0.05) is 30.7 Å². The van der Waals surface area contributed by atoms with Gasteiger partial charge in [-0.25, -0.2) is 4.79 Å². The average Bonchev–Trinajstić information content (AvgIpc) is 3.97. The molecule has 0 bridgehead atoms. The number of unbranched alkanes of at least 4 members (excludes halogenated alkanes) is 1. The van der Waals surface area contributed by atoms with E-state index in [9.17, 15) is 38.4 Å². The summed E-state index contributed by atoms with van der Waals surface area (Å²) in [7, 11) is 0. The maximum atomic E-state index is 13.9. The van der Waals surface area contributed by atoms with Gasteiger partial charge in [-0.2, -0.15) is 11.8 Å². The van der Waals surface area contributed by atoms with Crippen molar-refractivity contribution < 1.29 is 38.4 Å².